The van der Waals surface area contributed by atoms with Crippen LogP contribution in [0.15, 0.2) is 54.6 Å². The summed E-state index contributed by atoms with van der Waals surface area (Å²) in [5.74, 6) is 0.0948. The lowest BCUT2D eigenvalue weighted by molar-refractivity contribution is 0.0801. The fourth-order valence-corrected chi connectivity index (χ4v) is 3.35. The third-order valence-corrected chi connectivity index (χ3v) is 4.91. The Bertz CT molecular complexity index is 951. The molecule has 2 heterocycles. The van der Waals surface area contributed by atoms with Crippen LogP contribution < -0.4 is 0 Å². The number of hydrogen-bond donors (Lipinski definition) is 1. The average molecular weight is 316 g/mol. The molecule has 0 aliphatic carbocycles. The van der Waals surface area contributed by atoms with Gasteiger partial charge in [0.15, 0.2) is 0 Å². The number of rotatable bonds is 2. The SMILES string of the molecule is Cc1[nH]c2ccc(C(=O)N3CC=C(c4ccccc4)C3)cc2c1C. The monoisotopic (exact) mass is 316 g/mol. The lowest BCUT2D eigenvalue weighted by Crippen LogP contribution is -2.28. The lowest BCUT2D eigenvalue weighted by Gasteiger charge is -2.17. The molecule has 0 unspecified atom stereocenters. The largest absolute Gasteiger partial charge is 0.358 e. The number of aryl methyl sites for hydroxylation is 2. The van der Waals surface area contributed by atoms with Crippen LogP contribution in [0.4, 0.5) is 0 Å². The minimum atomic E-state index is 0.0948. The number of amides is 1. The van der Waals surface area contributed by atoms with Crippen molar-refractivity contribution in [1.29, 1.82) is 0 Å². The smallest absolute Gasteiger partial charge is 0.254 e. The summed E-state index contributed by atoms with van der Waals surface area (Å²) < 4.78 is 0. The van der Waals surface area contributed by atoms with Crippen LogP contribution in [0.2, 0.25) is 0 Å². The van der Waals surface area contributed by atoms with Crippen LogP contribution in [0.25, 0.3) is 16.5 Å². The molecule has 4 rings (SSSR count). The van der Waals surface area contributed by atoms with Gasteiger partial charge in [0.05, 0.1) is 0 Å². The topological polar surface area (TPSA) is 36.1 Å². The molecular weight excluding hydrogens is 296 g/mol. The second-order valence-corrected chi connectivity index (χ2v) is 6.42. The third kappa shape index (κ3) is 2.42. The van der Waals surface area contributed by atoms with Gasteiger partial charge in [0.1, 0.15) is 0 Å². The van der Waals surface area contributed by atoms with Gasteiger partial charge in [-0.15, -0.1) is 0 Å². The number of fused-ring (bicyclic) bond motifs is 1. The zero-order valence-corrected chi connectivity index (χ0v) is 14.0. The van der Waals surface area contributed by atoms with E-state index in [2.05, 4.69) is 37.0 Å². The zero-order valence-electron chi connectivity index (χ0n) is 14.0. The molecule has 0 saturated carbocycles. The van der Waals surface area contributed by atoms with E-state index in [0.717, 1.165) is 22.2 Å². The quantitative estimate of drug-likeness (QED) is 0.751. The van der Waals surface area contributed by atoms with E-state index in [1.807, 2.05) is 41.3 Å². The minimum Gasteiger partial charge on any atom is -0.358 e. The van der Waals surface area contributed by atoms with Gasteiger partial charge in [-0.1, -0.05) is 36.4 Å². The van der Waals surface area contributed by atoms with Crippen molar-refractivity contribution in [3.8, 4) is 0 Å². The van der Waals surface area contributed by atoms with Crippen LogP contribution in [-0.4, -0.2) is 28.9 Å². The Morgan fingerprint density at radius 3 is 2.67 bits per heavy atom. The standard InChI is InChI=1S/C21H20N2O/c1-14-15(2)22-20-9-8-17(12-19(14)20)21(24)23-11-10-18(13-23)16-6-4-3-5-7-16/h3-10,12,22H,11,13H2,1-2H3. The summed E-state index contributed by atoms with van der Waals surface area (Å²) >= 11 is 0. The lowest BCUT2D eigenvalue weighted by atomic mass is 10.1. The first kappa shape index (κ1) is 14.8. The Morgan fingerprint density at radius 2 is 1.88 bits per heavy atom. The number of aromatic amines is 1. The van der Waals surface area contributed by atoms with Crippen molar-refractivity contribution in [3.05, 3.63) is 77.0 Å². The van der Waals surface area contributed by atoms with Gasteiger partial charge in [0.25, 0.3) is 5.91 Å². The number of carbonyl (C=O) groups excluding carboxylic acids is 1. The molecule has 1 N–H and O–H groups in total. The maximum absolute atomic E-state index is 12.9. The highest BCUT2D eigenvalue weighted by Crippen LogP contribution is 2.25. The highest BCUT2D eigenvalue weighted by Gasteiger charge is 2.22. The first-order valence-electron chi connectivity index (χ1n) is 8.26. The molecule has 3 aromatic rings. The summed E-state index contributed by atoms with van der Waals surface area (Å²) in [4.78, 5) is 18.1. The average Bonchev–Trinajstić information content (AvgIpc) is 3.21. The van der Waals surface area contributed by atoms with Crippen LogP contribution in [0, 0.1) is 13.8 Å². The van der Waals surface area contributed by atoms with Crippen LogP contribution in [0.1, 0.15) is 27.2 Å². The Labute approximate surface area is 141 Å². The van der Waals surface area contributed by atoms with E-state index in [-0.39, 0.29) is 5.91 Å². The predicted molar refractivity (Wildman–Crippen MR) is 98.1 cm³/mol. The Morgan fingerprint density at radius 1 is 1.08 bits per heavy atom. The van der Waals surface area contributed by atoms with Crippen LogP contribution in [-0.2, 0) is 0 Å². The number of carbonyl (C=O) groups is 1. The summed E-state index contributed by atoms with van der Waals surface area (Å²) in [7, 11) is 0. The van der Waals surface area contributed by atoms with Crippen molar-refractivity contribution in [2.45, 2.75) is 13.8 Å². The molecule has 0 bridgehead atoms. The Kier molecular flexibility index (Phi) is 3.49. The Balaban J connectivity index is 1.58. The molecule has 3 nitrogen and oxygen atoms in total. The summed E-state index contributed by atoms with van der Waals surface area (Å²) in [5, 5.41) is 1.13. The molecule has 3 heteroatoms. The van der Waals surface area contributed by atoms with Crippen LogP contribution in [0.3, 0.4) is 0 Å². The summed E-state index contributed by atoms with van der Waals surface area (Å²) in [6, 6.07) is 16.2. The van der Waals surface area contributed by atoms with E-state index in [0.29, 0.717) is 13.1 Å². The van der Waals surface area contributed by atoms with Crippen molar-refractivity contribution >= 4 is 22.4 Å². The molecular formula is C21H20N2O. The van der Waals surface area contributed by atoms with Crippen LogP contribution in [0.5, 0.6) is 0 Å². The highest BCUT2D eigenvalue weighted by atomic mass is 16.2. The van der Waals surface area contributed by atoms with Crippen molar-refractivity contribution < 1.29 is 4.79 Å². The molecule has 0 saturated heterocycles. The van der Waals surface area contributed by atoms with Gasteiger partial charge in [-0.25, -0.2) is 0 Å². The number of nitrogens with one attached hydrogen (secondary N) is 1. The molecule has 1 amide bonds. The molecule has 0 fully saturated rings. The number of H-pyrrole nitrogens is 1. The summed E-state index contributed by atoms with van der Waals surface area (Å²) in [6.45, 7) is 5.50. The normalized spacial score (nSPS) is 14.2. The van der Waals surface area contributed by atoms with Crippen molar-refractivity contribution in [2.75, 3.05) is 13.1 Å². The van der Waals surface area contributed by atoms with E-state index >= 15 is 0 Å². The van der Waals surface area contributed by atoms with Gasteiger partial charge >= 0.3 is 0 Å². The maximum atomic E-state index is 12.9. The molecule has 1 aliphatic rings. The van der Waals surface area contributed by atoms with E-state index < -0.39 is 0 Å². The third-order valence-electron chi connectivity index (χ3n) is 4.91. The molecule has 0 atom stereocenters. The van der Waals surface area contributed by atoms with Crippen molar-refractivity contribution in [3.63, 3.8) is 0 Å². The fraction of sp³-hybridized carbons (Fsp3) is 0.190. The van der Waals surface area contributed by atoms with E-state index in [1.54, 1.807) is 0 Å². The van der Waals surface area contributed by atoms with Gasteiger partial charge < -0.3 is 9.88 Å². The van der Waals surface area contributed by atoms with Gasteiger partial charge in [0, 0.05) is 35.2 Å². The van der Waals surface area contributed by atoms with Crippen molar-refractivity contribution in [2.24, 2.45) is 0 Å². The second-order valence-electron chi connectivity index (χ2n) is 6.42. The first-order valence-corrected chi connectivity index (χ1v) is 8.26. The van der Waals surface area contributed by atoms with E-state index in [1.165, 1.54) is 16.7 Å². The number of hydrogen-bond acceptors (Lipinski definition) is 1. The van der Waals surface area contributed by atoms with Gasteiger partial charge in [-0.3, -0.25) is 4.79 Å². The summed E-state index contributed by atoms with van der Waals surface area (Å²) in [6.07, 6.45) is 2.15. The molecule has 120 valence electrons. The number of benzene rings is 2. The number of aromatic nitrogens is 1. The Hall–Kier alpha value is -2.81. The molecule has 1 aliphatic heterocycles. The molecule has 2 aromatic carbocycles. The zero-order chi connectivity index (χ0) is 16.7. The molecule has 24 heavy (non-hydrogen) atoms. The molecule has 0 radical (unpaired) electrons. The van der Waals surface area contributed by atoms with Gasteiger partial charge in [-0.2, -0.15) is 0 Å². The number of nitrogens with zero attached hydrogens (tertiary/aromatic N) is 1. The fourth-order valence-electron chi connectivity index (χ4n) is 3.35. The second kappa shape index (κ2) is 5.68. The van der Waals surface area contributed by atoms with Gasteiger partial charge in [0.2, 0.25) is 0 Å². The van der Waals surface area contributed by atoms with E-state index in [4.69, 9.17) is 0 Å². The van der Waals surface area contributed by atoms with Crippen molar-refractivity contribution in [1.82, 2.24) is 9.88 Å². The minimum absolute atomic E-state index is 0.0948. The summed E-state index contributed by atoms with van der Waals surface area (Å²) in [5.41, 5.74) is 6.63. The predicted octanol–water partition coefficient (Wildman–Crippen LogP) is 4.32. The molecule has 0 spiro atoms. The highest BCUT2D eigenvalue weighted by molar-refractivity contribution is 6.00. The maximum Gasteiger partial charge on any atom is 0.254 e. The van der Waals surface area contributed by atoms with Crippen LogP contribution >= 0.6 is 0 Å². The first-order chi connectivity index (χ1) is 11.6. The molecule has 1 aromatic heterocycles. The van der Waals surface area contributed by atoms with E-state index in [9.17, 15) is 4.79 Å². The van der Waals surface area contributed by atoms with Gasteiger partial charge in [-0.05, 0) is 48.7 Å².